The van der Waals surface area contributed by atoms with E-state index in [0.717, 1.165) is 19.5 Å². The number of likely N-dealkylation sites (tertiary alicyclic amines) is 1. The van der Waals surface area contributed by atoms with Crippen LogP contribution in [0.4, 0.5) is 4.39 Å². The number of nitrogens with zero attached hydrogens (tertiary/aromatic N) is 1. The fraction of sp³-hybridized carbons (Fsp3) is 1.00. The quantitative estimate of drug-likeness (QED) is 0.713. The number of alkyl halides is 1. The van der Waals surface area contributed by atoms with Gasteiger partial charge in [-0.1, -0.05) is 25.7 Å². The fourth-order valence-electron chi connectivity index (χ4n) is 2.97. The lowest BCUT2D eigenvalue weighted by Gasteiger charge is -2.28. The lowest BCUT2D eigenvalue weighted by Crippen LogP contribution is -2.46. The fourth-order valence-corrected chi connectivity index (χ4v) is 2.97. The molecule has 2 rings (SSSR count). The molecule has 0 bridgehead atoms. The molecule has 0 aromatic rings. The van der Waals surface area contributed by atoms with Crippen molar-refractivity contribution in [3.05, 3.63) is 0 Å². The van der Waals surface area contributed by atoms with Crippen LogP contribution >= 0.6 is 0 Å². The van der Waals surface area contributed by atoms with Crippen molar-refractivity contribution in [2.75, 3.05) is 19.8 Å². The first-order valence-electron chi connectivity index (χ1n) is 6.32. The number of rotatable bonds is 2. The first-order chi connectivity index (χ1) is 7.23. The monoisotopic (exact) mass is 214 g/mol. The smallest absolute Gasteiger partial charge is 0.109 e. The molecule has 1 saturated heterocycles. The Hall–Kier alpha value is -0.150. The predicted molar refractivity (Wildman–Crippen MR) is 60.6 cm³/mol. The normalized spacial score (nSPS) is 35.6. The van der Waals surface area contributed by atoms with Crippen molar-refractivity contribution in [3.63, 3.8) is 0 Å². The zero-order valence-electron chi connectivity index (χ0n) is 9.55. The molecule has 1 unspecified atom stereocenters. The molecule has 0 spiro atoms. The molecular formula is C12H23FN2. The highest BCUT2D eigenvalue weighted by Gasteiger charge is 2.37. The average Bonchev–Trinajstić information content (AvgIpc) is 2.50. The Kier molecular flexibility index (Phi) is 3.62. The molecule has 15 heavy (non-hydrogen) atoms. The summed E-state index contributed by atoms with van der Waals surface area (Å²) < 4.78 is 12.8. The van der Waals surface area contributed by atoms with Crippen molar-refractivity contribution in [2.45, 2.75) is 56.5 Å². The third kappa shape index (κ3) is 2.70. The highest BCUT2D eigenvalue weighted by molar-refractivity contribution is 4.96. The van der Waals surface area contributed by atoms with Gasteiger partial charge in [0.05, 0.1) is 5.54 Å². The number of hydrogen-bond acceptors (Lipinski definition) is 2. The largest absolute Gasteiger partial charge is 0.322 e. The van der Waals surface area contributed by atoms with Gasteiger partial charge in [0.25, 0.3) is 0 Å². The van der Waals surface area contributed by atoms with Crippen molar-refractivity contribution in [3.8, 4) is 0 Å². The van der Waals surface area contributed by atoms with Gasteiger partial charge in [0, 0.05) is 19.1 Å². The third-order valence-corrected chi connectivity index (χ3v) is 4.02. The van der Waals surface area contributed by atoms with Crippen molar-refractivity contribution in [1.29, 1.82) is 0 Å². The minimum Gasteiger partial charge on any atom is -0.322 e. The maximum atomic E-state index is 12.8. The van der Waals surface area contributed by atoms with Gasteiger partial charge in [-0.3, -0.25) is 4.90 Å². The molecule has 1 atom stereocenters. The molecule has 0 aromatic heterocycles. The van der Waals surface area contributed by atoms with Gasteiger partial charge in [0.2, 0.25) is 0 Å². The first kappa shape index (κ1) is 11.3. The standard InChI is InChI=1S/C12H23FN2/c13-9-12(14)7-8-15(10-12)11-5-3-1-2-4-6-11/h11H,1-10,14H2. The Morgan fingerprint density at radius 3 is 2.40 bits per heavy atom. The molecule has 3 heteroatoms. The lowest BCUT2D eigenvalue weighted by atomic mass is 10.0. The van der Waals surface area contributed by atoms with Crippen molar-refractivity contribution in [1.82, 2.24) is 4.90 Å². The predicted octanol–water partition coefficient (Wildman–Crippen LogP) is 2.08. The van der Waals surface area contributed by atoms with Crippen LogP contribution in [-0.4, -0.2) is 36.2 Å². The van der Waals surface area contributed by atoms with Gasteiger partial charge >= 0.3 is 0 Å². The van der Waals surface area contributed by atoms with E-state index in [4.69, 9.17) is 5.73 Å². The van der Waals surface area contributed by atoms with E-state index >= 15 is 0 Å². The second-order valence-electron chi connectivity index (χ2n) is 5.36. The summed E-state index contributed by atoms with van der Waals surface area (Å²) in [6.07, 6.45) is 8.86. The van der Waals surface area contributed by atoms with E-state index in [1.165, 1.54) is 38.5 Å². The molecule has 0 aromatic carbocycles. The SMILES string of the molecule is NC1(CF)CCN(C2CCCCCC2)C1. The van der Waals surface area contributed by atoms with Crippen LogP contribution in [-0.2, 0) is 0 Å². The molecule has 0 radical (unpaired) electrons. The van der Waals surface area contributed by atoms with Gasteiger partial charge in [0.15, 0.2) is 0 Å². The van der Waals surface area contributed by atoms with E-state index < -0.39 is 5.54 Å². The van der Waals surface area contributed by atoms with Crippen molar-refractivity contribution < 1.29 is 4.39 Å². The summed E-state index contributed by atoms with van der Waals surface area (Å²) in [6, 6.07) is 0.685. The van der Waals surface area contributed by atoms with E-state index in [9.17, 15) is 4.39 Å². The molecule has 1 saturated carbocycles. The molecule has 0 amide bonds. The van der Waals surface area contributed by atoms with Gasteiger partial charge in [0.1, 0.15) is 6.67 Å². The first-order valence-corrected chi connectivity index (χ1v) is 6.32. The van der Waals surface area contributed by atoms with Gasteiger partial charge < -0.3 is 5.73 Å². The van der Waals surface area contributed by atoms with Crippen LogP contribution in [0.3, 0.4) is 0 Å². The maximum Gasteiger partial charge on any atom is 0.109 e. The summed E-state index contributed by atoms with van der Waals surface area (Å²) >= 11 is 0. The summed E-state index contributed by atoms with van der Waals surface area (Å²) in [7, 11) is 0. The van der Waals surface area contributed by atoms with Crippen LogP contribution in [0.15, 0.2) is 0 Å². The highest BCUT2D eigenvalue weighted by Crippen LogP contribution is 2.28. The molecule has 88 valence electrons. The molecule has 2 N–H and O–H groups in total. The van der Waals surface area contributed by atoms with E-state index in [-0.39, 0.29) is 6.67 Å². The topological polar surface area (TPSA) is 29.3 Å². The van der Waals surface area contributed by atoms with Crippen LogP contribution in [0.1, 0.15) is 44.9 Å². The van der Waals surface area contributed by atoms with E-state index in [0.29, 0.717) is 6.04 Å². The summed E-state index contributed by atoms with van der Waals surface area (Å²) in [4.78, 5) is 2.44. The van der Waals surface area contributed by atoms with Gasteiger partial charge in [-0.15, -0.1) is 0 Å². The van der Waals surface area contributed by atoms with Crippen molar-refractivity contribution >= 4 is 0 Å². The summed E-state index contributed by atoms with van der Waals surface area (Å²) in [5.74, 6) is 0. The Balaban J connectivity index is 1.88. The number of hydrogen-bond donors (Lipinski definition) is 1. The Bertz CT molecular complexity index is 202. The second-order valence-corrected chi connectivity index (χ2v) is 5.36. The number of nitrogens with two attached hydrogens (primary N) is 1. The number of halogens is 1. The second kappa shape index (κ2) is 4.79. The van der Waals surface area contributed by atoms with Gasteiger partial charge in [-0.25, -0.2) is 4.39 Å². The van der Waals surface area contributed by atoms with E-state index in [1.807, 2.05) is 0 Å². The van der Waals surface area contributed by atoms with Gasteiger partial charge in [-0.05, 0) is 19.3 Å². The minimum atomic E-state index is -0.535. The summed E-state index contributed by atoms with van der Waals surface area (Å²) in [6.45, 7) is 1.41. The van der Waals surface area contributed by atoms with E-state index in [2.05, 4.69) is 4.90 Å². The summed E-state index contributed by atoms with van der Waals surface area (Å²) in [5.41, 5.74) is 5.44. The van der Waals surface area contributed by atoms with Crippen molar-refractivity contribution in [2.24, 2.45) is 5.73 Å². The average molecular weight is 214 g/mol. The zero-order valence-corrected chi connectivity index (χ0v) is 9.55. The van der Waals surface area contributed by atoms with Crippen LogP contribution in [0, 0.1) is 0 Å². The zero-order chi connectivity index (χ0) is 10.7. The minimum absolute atomic E-state index is 0.365. The van der Waals surface area contributed by atoms with Crippen LogP contribution in [0.5, 0.6) is 0 Å². The Morgan fingerprint density at radius 1 is 1.20 bits per heavy atom. The molecule has 1 aliphatic heterocycles. The maximum absolute atomic E-state index is 12.8. The molecule has 2 nitrogen and oxygen atoms in total. The molecular weight excluding hydrogens is 191 g/mol. The molecule has 2 fully saturated rings. The molecule has 2 aliphatic rings. The Labute approximate surface area is 92.0 Å². The third-order valence-electron chi connectivity index (χ3n) is 4.02. The van der Waals surface area contributed by atoms with Crippen LogP contribution in [0.2, 0.25) is 0 Å². The van der Waals surface area contributed by atoms with Crippen LogP contribution in [0.25, 0.3) is 0 Å². The molecule has 1 heterocycles. The Morgan fingerprint density at radius 2 is 1.87 bits per heavy atom. The summed E-state index contributed by atoms with van der Waals surface area (Å²) in [5, 5.41) is 0. The lowest BCUT2D eigenvalue weighted by molar-refractivity contribution is 0.199. The molecule has 1 aliphatic carbocycles. The van der Waals surface area contributed by atoms with E-state index in [1.54, 1.807) is 0 Å². The van der Waals surface area contributed by atoms with Gasteiger partial charge in [-0.2, -0.15) is 0 Å². The highest BCUT2D eigenvalue weighted by atomic mass is 19.1. The van der Waals surface area contributed by atoms with Crippen LogP contribution < -0.4 is 5.73 Å².